The van der Waals surface area contributed by atoms with Crippen molar-refractivity contribution in [2.75, 3.05) is 6.54 Å². The highest BCUT2D eigenvalue weighted by atomic mass is 19.1. The molecule has 1 rings (SSSR count). The maximum atomic E-state index is 13.0. The predicted octanol–water partition coefficient (Wildman–Crippen LogP) is 3.02. The molecule has 3 heteroatoms. The zero-order chi connectivity index (χ0) is 12.8. The number of halogens is 1. The molecule has 0 saturated carbocycles. The van der Waals surface area contributed by atoms with E-state index in [0.717, 1.165) is 6.42 Å². The number of rotatable bonds is 6. The van der Waals surface area contributed by atoms with Crippen molar-refractivity contribution in [2.24, 2.45) is 17.6 Å². The summed E-state index contributed by atoms with van der Waals surface area (Å²) in [6, 6.07) is 5.83. The van der Waals surface area contributed by atoms with Crippen molar-refractivity contribution < 1.29 is 9.18 Å². The smallest absolute Gasteiger partial charge is 0.163 e. The van der Waals surface area contributed by atoms with Crippen molar-refractivity contribution >= 4 is 5.78 Å². The lowest BCUT2D eigenvalue weighted by Gasteiger charge is -2.16. The highest BCUT2D eigenvalue weighted by Gasteiger charge is 2.15. The van der Waals surface area contributed by atoms with Crippen LogP contribution in [0.1, 0.15) is 37.0 Å². The third-order valence-electron chi connectivity index (χ3n) is 2.76. The van der Waals surface area contributed by atoms with Crippen LogP contribution in [0.5, 0.6) is 0 Å². The van der Waals surface area contributed by atoms with E-state index in [1.807, 2.05) is 0 Å². The molecule has 0 heterocycles. The summed E-state index contributed by atoms with van der Waals surface area (Å²) in [7, 11) is 0. The lowest BCUT2D eigenvalue weighted by molar-refractivity contribution is 0.0957. The second-order valence-electron chi connectivity index (χ2n) is 4.87. The fraction of sp³-hybridized carbons (Fsp3) is 0.500. The van der Waals surface area contributed by atoms with Gasteiger partial charge in [0.05, 0.1) is 0 Å². The highest BCUT2D eigenvalue weighted by Crippen LogP contribution is 2.17. The number of carbonyl (C=O) groups is 1. The van der Waals surface area contributed by atoms with Crippen molar-refractivity contribution in [1.82, 2.24) is 0 Å². The predicted molar refractivity (Wildman–Crippen MR) is 67.3 cm³/mol. The van der Waals surface area contributed by atoms with Crippen LogP contribution in [0.25, 0.3) is 0 Å². The maximum absolute atomic E-state index is 13.0. The van der Waals surface area contributed by atoms with Crippen molar-refractivity contribution in [3.8, 4) is 0 Å². The summed E-state index contributed by atoms with van der Waals surface area (Å²) in [5.74, 6) is 0.305. The second kappa shape index (κ2) is 6.50. The minimum atomic E-state index is -0.371. The summed E-state index contributed by atoms with van der Waals surface area (Å²) in [5.41, 5.74) is 6.09. The van der Waals surface area contributed by atoms with E-state index < -0.39 is 0 Å². The Kier molecular flexibility index (Phi) is 5.29. The molecule has 17 heavy (non-hydrogen) atoms. The molecule has 2 N–H and O–H groups in total. The van der Waals surface area contributed by atoms with E-state index in [-0.39, 0.29) is 17.5 Å². The lowest BCUT2D eigenvalue weighted by atomic mass is 9.91. The zero-order valence-electron chi connectivity index (χ0n) is 10.4. The topological polar surface area (TPSA) is 43.1 Å². The van der Waals surface area contributed by atoms with Crippen LogP contribution in [0, 0.1) is 17.7 Å². The number of Topliss-reactive ketones (excluding diaryl/α,β-unsaturated/α-hetero) is 1. The van der Waals surface area contributed by atoms with Gasteiger partial charge in [0.1, 0.15) is 5.82 Å². The van der Waals surface area contributed by atoms with Gasteiger partial charge in [-0.1, -0.05) is 26.0 Å². The molecule has 94 valence electrons. The van der Waals surface area contributed by atoms with Crippen molar-refractivity contribution in [3.05, 3.63) is 35.6 Å². The lowest BCUT2D eigenvalue weighted by Crippen LogP contribution is -2.20. The molecule has 0 aromatic heterocycles. The van der Waals surface area contributed by atoms with Crippen LogP contribution in [0.4, 0.5) is 4.39 Å². The summed E-state index contributed by atoms with van der Waals surface area (Å²) >= 11 is 0. The van der Waals surface area contributed by atoms with E-state index in [2.05, 4.69) is 13.8 Å². The van der Waals surface area contributed by atoms with Gasteiger partial charge in [0.15, 0.2) is 5.78 Å². The van der Waals surface area contributed by atoms with E-state index in [0.29, 0.717) is 24.4 Å². The highest BCUT2D eigenvalue weighted by molar-refractivity contribution is 5.96. The molecular weight excluding hydrogens is 217 g/mol. The van der Waals surface area contributed by atoms with Crippen LogP contribution < -0.4 is 5.73 Å². The molecule has 0 fully saturated rings. The second-order valence-corrected chi connectivity index (χ2v) is 4.87. The Balaban J connectivity index is 2.64. The van der Waals surface area contributed by atoms with Crippen LogP contribution in [0.2, 0.25) is 0 Å². The Morgan fingerprint density at radius 3 is 2.65 bits per heavy atom. The first-order chi connectivity index (χ1) is 8.02. The Morgan fingerprint density at radius 1 is 1.41 bits per heavy atom. The molecular formula is C14H20FNO. The first kappa shape index (κ1) is 13.8. The molecule has 1 atom stereocenters. The molecule has 1 aromatic rings. The van der Waals surface area contributed by atoms with Gasteiger partial charge >= 0.3 is 0 Å². The van der Waals surface area contributed by atoms with Gasteiger partial charge < -0.3 is 5.73 Å². The molecule has 0 spiro atoms. The minimum Gasteiger partial charge on any atom is -0.330 e. The Hall–Kier alpha value is -1.22. The summed E-state index contributed by atoms with van der Waals surface area (Å²) in [5, 5.41) is 0. The van der Waals surface area contributed by atoms with Crippen molar-refractivity contribution in [2.45, 2.75) is 26.7 Å². The Labute approximate surface area is 102 Å². The quantitative estimate of drug-likeness (QED) is 0.773. The fourth-order valence-electron chi connectivity index (χ4n) is 1.97. The van der Waals surface area contributed by atoms with Crippen molar-refractivity contribution in [1.29, 1.82) is 0 Å². The number of carbonyl (C=O) groups excluding carboxylic acids is 1. The van der Waals surface area contributed by atoms with E-state index in [4.69, 9.17) is 5.73 Å². The first-order valence-corrected chi connectivity index (χ1v) is 6.01. The SMILES string of the molecule is CC(C)CC(CN)CC(=O)c1cccc(F)c1. The monoisotopic (exact) mass is 237 g/mol. The molecule has 0 aliphatic carbocycles. The Bertz CT molecular complexity index is 376. The summed E-state index contributed by atoms with van der Waals surface area (Å²) in [6.07, 6.45) is 1.33. The van der Waals surface area contributed by atoms with E-state index in [1.54, 1.807) is 12.1 Å². The molecule has 2 nitrogen and oxygen atoms in total. The van der Waals surface area contributed by atoms with Gasteiger partial charge in [-0.3, -0.25) is 4.79 Å². The normalized spacial score (nSPS) is 12.8. The van der Waals surface area contributed by atoms with E-state index in [1.165, 1.54) is 12.1 Å². The van der Waals surface area contributed by atoms with Gasteiger partial charge in [0, 0.05) is 12.0 Å². The third kappa shape index (κ3) is 4.65. The van der Waals surface area contributed by atoms with Gasteiger partial charge in [-0.15, -0.1) is 0 Å². The molecule has 0 amide bonds. The number of benzene rings is 1. The molecule has 0 saturated heterocycles. The third-order valence-corrected chi connectivity index (χ3v) is 2.76. The first-order valence-electron chi connectivity index (χ1n) is 6.01. The summed E-state index contributed by atoms with van der Waals surface area (Å²) in [4.78, 5) is 11.9. The van der Waals surface area contributed by atoms with Crippen LogP contribution in [0.15, 0.2) is 24.3 Å². The number of nitrogens with two attached hydrogens (primary N) is 1. The van der Waals surface area contributed by atoms with Gasteiger partial charge in [0.25, 0.3) is 0 Å². The van der Waals surface area contributed by atoms with E-state index >= 15 is 0 Å². The summed E-state index contributed by atoms with van der Waals surface area (Å²) in [6.45, 7) is 4.71. The number of hydrogen-bond donors (Lipinski definition) is 1. The molecule has 0 aliphatic rings. The Morgan fingerprint density at radius 2 is 2.12 bits per heavy atom. The largest absolute Gasteiger partial charge is 0.330 e. The number of hydrogen-bond acceptors (Lipinski definition) is 2. The van der Waals surface area contributed by atoms with Crippen LogP contribution >= 0.6 is 0 Å². The molecule has 0 bridgehead atoms. The maximum Gasteiger partial charge on any atom is 0.163 e. The molecule has 1 aromatic carbocycles. The zero-order valence-corrected chi connectivity index (χ0v) is 10.4. The van der Waals surface area contributed by atoms with E-state index in [9.17, 15) is 9.18 Å². The molecule has 0 aliphatic heterocycles. The van der Waals surface area contributed by atoms with Gasteiger partial charge in [-0.25, -0.2) is 4.39 Å². The fourth-order valence-corrected chi connectivity index (χ4v) is 1.97. The average molecular weight is 237 g/mol. The standard InChI is InChI=1S/C14H20FNO/c1-10(2)6-11(9-16)7-14(17)12-4-3-5-13(15)8-12/h3-5,8,10-11H,6-7,9,16H2,1-2H3. The van der Waals surface area contributed by atoms with Gasteiger partial charge in [-0.2, -0.15) is 0 Å². The van der Waals surface area contributed by atoms with Crippen molar-refractivity contribution in [3.63, 3.8) is 0 Å². The van der Waals surface area contributed by atoms with Crippen LogP contribution in [0.3, 0.4) is 0 Å². The average Bonchev–Trinajstić information content (AvgIpc) is 2.27. The van der Waals surface area contributed by atoms with Gasteiger partial charge in [0.2, 0.25) is 0 Å². The molecule has 0 radical (unpaired) electrons. The van der Waals surface area contributed by atoms with Crippen LogP contribution in [-0.4, -0.2) is 12.3 Å². The molecule has 1 unspecified atom stereocenters. The minimum absolute atomic E-state index is 0.0272. The van der Waals surface area contributed by atoms with Crippen LogP contribution in [-0.2, 0) is 0 Å². The summed E-state index contributed by atoms with van der Waals surface area (Å²) < 4.78 is 13.0. The number of ketones is 1. The van der Waals surface area contributed by atoms with Gasteiger partial charge in [-0.05, 0) is 36.9 Å².